The Morgan fingerprint density at radius 2 is 1.84 bits per heavy atom. The highest BCUT2D eigenvalue weighted by Crippen LogP contribution is 2.36. The standard InChI is InChI=1S/C12H8Br2F3NS/c13-9-5-7(19-11(9)14)6-18-10-4-2-1-3-8(10)12(15,16)17/h1-5,18H,6H2. The van der Waals surface area contributed by atoms with E-state index in [1.165, 1.54) is 23.5 Å². The Balaban J connectivity index is 2.16. The van der Waals surface area contributed by atoms with E-state index in [4.69, 9.17) is 0 Å². The molecular weight excluding hydrogens is 407 g/mol. The van der Waals surface area contributed by atoms with Crippen molar-refractivity contribution in [2.24, 2.45) is 0 Å². The first-order valence-corrected chi connectivity index (χ1v) is 7.62. The van der Waals surface area contributed by atoms with Gasteiger partial charge in [-0.2, -0.15) is 13.2 Å². The predicted molar refractivity (Wildman–Crippen MR) is 78.5 cm³/mol. The average Bonchev–Trinajstić information content (AvgIpc) is 2.65. The molecule has 0 aliphatic heterocycles. The fourth-order valence-electron chi connectivity index (χ4n) is 1.55. The third-order valence-corrected chi connectivity index (χ3v) is 5.64. The molecule has 0 bridgehead atoms. The van der Waals surface area contributed by atoms with Crippen molar-refractivity contribution in [2.75, 3.05) is 5.32 Å². The van der Waals surface area contributed by atoms with Gasteiger partial charge in [0.2, 0.25) is 0 Å². The van der Waals surface area contributed by atoms with Crippen molar-refractivity contribution < 1.29 is 13.2 Å². The highest BCUT2D eigenvalue weighted by atomic mass is 79.9. The number of thiophene rings is 1. The van der Waals surface area contributed by atoms with Crippen LogP contribution in [0.5, 0.6) is 0 Å². The first kappa shape index (κ1) is 14.9. The fraction of sp³-hybridized carbons (Fsp3) is 0.167. The lowest BCUT2D eigenvalue weighted by Gasteiger charge is -2.13. The quantitative estimate of drug-likeness (QED) is 0.658. The summed E-state index contributed by atoms with van der Waals surface area (Å²) in [6.07, 6.45) is -4.35. The van der Waals surface area contributed by atoms with Crippen LogP contribution in [-0.2, 0) is 12.7 Å². The van der Waals surface area contributed by atoms with Crippen molar-refractivity contribution in [2.45, 2.75) is 12.7 Å². The van der Waals surface area contributed by atoms with E-state index >= 15 is 0 Å². The van der Waals surface area contributed by atoms with Crippen molar-refractivity contribution in [1.82, 2.24) is 0 Å². The minimum Gasteiger partial charge on any atom is -0.380 e. The number of nitrogens with one attached hydrogen (secondary N) is 1. The van der Waals surface area contributed by atoms with Crippen LogP contribution in [0.4, 0.5) is 18.9 Å². The summed E-state index contributed by atoms with van der Waals surface area (Å²) in [5.41, 5.74) is -0.555. The smallest absolute Gasteiger partial charge is 0.380 e. The summed E-state index contributed by atoms with van der Waals surface area (Å²) < 4.78 is 40.2. The second-order valence-electron chi connectivity index (χ2n) is 3.73. The Bertz CT molecular complexity index is 561. The molecule has 2 rings (SSSR count). The number of alkyl halides is 3. The fourth-order valence-corrected chi connectivity index (χ4v) is 3.66. The van der Waals surface area contributed by atoms with Gasteiger partial charge in [-0.25, -0.2) is 0 Å². The largest absolute Gasteiger partial charge is 0.418 e. The van der Waals surface area contributed by atoms with E-state index in [0.29, 0.717) is 6.54 Å². The molecule has 1 nitrogen and oxygen atoms in total. The zero-order valence-corrected chi connectivity index (χ0v) is 13.4. The second-order valence-corrected chi connectivity index (χ2v) is 7.04. The van der Waals surface area contributed by atoms with Gasteiger partial charge in [-0.1, -0.05) is 12.1 Å². The molecule has 1 aromatic heterocycles. The zero-order valence-electron chi connectivity index (χ0n) is 9.39. The monoisotopic (exact) mass is 413 g/mol. The van der Waals surface area contributed by atoms with Crippen molar-refractivity contribution in [3.63, 3.8) is 0 Å². The van der Waals surface area contributed by atoms with Crippen LogP contribution in [0.3, 0.4) is 0 Å². The zero-order chi connectivity index (χ0) is 14.0. The SMILES string of the molecule is FC(F)(F)c1ccccc1NCc1cc(Br)c(Br)s1. The van der Waals surface area contributed by atoms with Gasteiger partial charge in [0.1, 0.15) is 0 Å². The summed E-state index contributed by atoms with van der Waals surface area (Å²) >= 11 is 8.17. The molecule has 0 fully saturated rings. The maximum absolute atomic E-state index is 12.8. The van der Waals surface area contributed by atoms with E-state index in [1.807, 2.05) is 6.07 Å². The molecule has 7 heteroatoms. The van der Waals surface area contributed by atoms with Crippen LogP contribution in [0.15, 0.2) is 38.6 Å². The lowest BCUT2D eigenvalue weighted by atomic mass is 10.1. The van der Waals surface area contributed by atoms with E-state index in [0.717, 1.165) is 19.2 Å². The van der Waals surface area contributed by atoms with E-state index in [9.17, 15) is 13.2 Å². The molecule has 102 valence electrons. The van der Waals surface area contributed by atoms with E-state index in [-0.39, 0.29) is 5.69 Å². The van der Waals surface area contributed by atoms with Crippen LogP contribution in [0.25, 0.3) is 0 Å². The maximum Gasteiger partial charge on any atom is 0.418 e. The highest BCUT2D eigenvalue weighted by molar-refractivity contribution is 9.13. The Morgan fingerprint density at radius 1 is 1.16 bits per heavy atom. The summed E-state index contributed by atoms with van der Waals surface area (Å²) in [4.78, 5) is 0.940. The molecule has 0 saturated heterocycles. The van der Waals surface area contributed by atoms with Gasteiger partial charge in [0, 0.05) is 21.6 Å². The van der Waals surface area contributed by atoms with Gasteiger partial charge >= 0.3 is 6.18 Å². The molecule has 1 heterocycles. The van der Waals surface area contributed by atoms with Crippen LogP contribution in [0, 0.1) is 0 Å². The molecule has 0 unspecified atom stereocenters. The molecular formula is C12H8Br2F3NS. The van der Waals surface area contributed by atoms with Gasteiger partial charge in [0.25, 0.3) is 0 Å². The van der Waals surface area contributed by atoms with Crippen LogP contribution in [-0.4, -0.2) is 0 Å². The summed E-state index contributed by atoms with van der Waals surface area (Å²) in [6, 6.07) is 7.34. The highest BCUT2D eigenvalue weighted by Gasteiger charge is 2.33. The van der Waals surface area contributed by atoms with E-state index in [1.54, 1.807) is 6.07 Å². The van der Waals surface area contributed by atoms with Gasteiger partial charge in [-0.3, -0.25) is 0 Å². The lowest BCUT2D eigenvalue weighted by Crippen LogP contribution is -2.10. The van der Waals surface area contributed by atoms with Gasteiger partial charge in [-0.05, 0) is 50.1 Å². The van der Waals surface area contributed by atoms with E-state index in [2.05, 4.69) is 37.2 Å². The average molecular weight is 415 g/mol. The number of para-hydroxylation sites is 1. The van der Waals surface area contributed by atoms with Crippen molar-refractivity contribution in [1.29, 1.82) is 0 Å². The van der Waals surface area contributed by atoms with Gasteiger partial charge in [0.15, 0.2) is 0 Å². The molecule has 0 saturated carbocycles. The number of benzene rings is 1. The molecule has 0 radical (unpaired) electrons. The van der Waals surface area contributed by atoms with E-state index < -0.39 is 11.7 Å². The van der Waals surface area contributed by atoms with Crippen molar-refractivity contribution >= 4 is 48.9 Å². The summed E-state index contributed by atoms with van der Waals surface area (Å²) in [7, 11) is 0. The molecule has 1 N–H and O–H groups in total. The first-order valence-electron chi connectivity index (χ1n) is 5.21. The number of rotatable bonds is 3. The number of anilines is 1. The van der Waals surface area contributed by atoms with Gasteiger partial charge in [0.05, 0.1) is 9.35 Å². The molecule has 0 atom stereocenters. The van der Waals surface area contributed by atoms with Crippen LogP contribution in [0.2, 0.25) is 0 Å². The third-order valence-electron chi connectivity index (χ3n) is 2.38. The minimum atomic E-state index is -4.35. The molecule has 19 heavy (non-hydrogen) atoms. The summed E-state index contributed by atoms with van der Waals surface area (Å²) in [6.45, 7) is 0.349. The summed E-state index contributed by atoms with van der Waals surface area (Å²) in [5, 5.41) is 2.83. The number of hydrogen-bond donors (Lipinski definition) is 1. The Morgan fingerprint density at radius 3 is 2.42 bits per heavy atom. The minimum absolute atomic E-state index is 0.0932. The van der Waals surface area contributed by atoms with Crippen LogP contribution >= 0.6 is 43.2 Å². The predicted octanol–water partition coefficient (Wildman–Crippen LogP) is 5.90. The lowest BCUT2D eigenvalue weighted by molar-refractivity contribution is -0.136. The Hall–Kier alpha value is -0.530. The second kappa shape index (κ2) is 5.85. The van der Waals surface area contributed by atoms with Gasteiger partial charge in [-0.15, -0.1) is 11.3 Å². The molecule has 2 aromatic rings. The van der Waals surface area contributed by atoms with Crippen LogP contribution < -0.4 is 5.32 Å². The van der Waals surface area contributed by atoms with Gasteiger partial charge < -0.3 is 5.32 Å². The summed E-state index contributed by atoms with van der Waals surface area (Å²) in [5.74, 6) is 0. The number of halogens is 5. The maximum atomic E-state index is 12.8. The first-order chi connectivity index (χ1) is 8.88. The normalized spacial score (nSPS) is 11.6. The molecule has 0 aliphatic carbocycles. The Kier molecular flexibility index (Phi) is 4.58. The van der Waals surface area contributed by atoms with Crippen molar-refractivity contribution in [3.8, 4) is 0 Å². The molecule has 0 aliphatic rings. The third kappa shape index (κ3) is 3.73. The molecule has 0 amide bonds. The Labute approximate surface area is 129 Å². The molecule has 1 aromatic carbocycles. The molecule has 0 spiro atoms. The van der Waals surface area contributed by atoms with Crippen molar-refractivity contribution in [3.05, 3.63) is 49.0 Å². The van der Waals surface area contributed by atoms with Crippen LogP contribution in [0.1, 0.15) is 10.4 Å². The topological polar surface area (TPSA) is 12.0 Å². The number of hydrogen-bond acceptors (Lipinski definition) is 2.